The van der Waals surface area contributed by atoms with Crippen molar-refractivity contribution in [3.05, 3.63) is 59.5 Å². The van der Waals surface area contributed by atoms with Gasteiger partial charge in [0.05, 0.1) is 0 Å². The van der Waals surface area contributed by atoms with Crippen molar-refractivity contribution in [2.24, 2.45) is 0 Å². The smallest absolute Gasteiger partial charge is 0.0432 e. The van der Waals surface area contributed by atoms with Gasteiger partial charge >= 0.3 is 0 Å². The molecule has 0 atom stereocenters. The largest absolute Gasteiger partial charge is 0.346 e. The maximum absolute atomic E-state index is 4.17. The van der Waals surface area contributed by atoms with Gasteiger partial charge in [-0.2, -0.15) is 0 Å². The van der Waals surface area contributed by atoms with E-state index in [-0.39, 0.29) is 0 Å². The zero-order valence-corrected chi connectivity index (χ0v) is 11.6. The summed E-state index contributed by atoms with van der Waals surface area (Å²) in [6, 6.07) is 3.99. The Morgan fingerprint density at radius 1 is 1.00 bits per heavy atom. The minimum absolute atomic E-state index is 0.831. The molecule has 1 aromatic rings. The molecule has 0 unspecified atom stereocenters. The van der Waals surface area contributed by atoms with Gasteiger partial charge in [-0.3, -0.25) is 0 Å². The van der Waals surface area contributed by atoms with Crippen molar-refractivity contribution in [1.82, 2.24) is 9.47 Å². The van der Waals surface area contributed by atoms with Crippen molar-refractivity contribution >= 4 is 13.2 Å². The van der Waals surface area contributed by atoms with Crippen molar-refractivity contribution in [2.45, 2.75) is 25.8 Å². The van der Waals surface area contributed by atoms with Crippen molar-refractivity contribution in [3.63, 3.8) is 0 Å². The van der Waals surface area contributed by atoms with E-state index in [9.17, 15) is 0 Å². The third-order valence-electron chi connectivity index (χ3n) is 3.70. The average molecular weight is 254 g/mol. The Balaban J connectivity index is 1.92. The van der Waals surface area contributed by atoms with Gasteiger partial charge in [0.1, 0.15) is 0 Å². The standard InChI is InChI=1S/C17H22N2/c1-13(12-19-16(4)8-9-17(19)5)10-11-18-14(2)6-7-15(18)3/h6-7H,1-5,8-12H2. The molecule has 1 aliphatic heterocycles. The van der Waals surface area contributed by atoms with Crippen molar-refractivity contribution < 1.29 is 0 Å². The number of likely N-dealkylation sites (tertiary alicyclic amines) is 1. The quantitative estimate of drug-likeness (QED) is 0.732. The van der Waals surface area contributed by atoms with Crippen molar-refractivity contribution in [3.8, 4) is 0 Å². The van der Waals surface area contributed by atoms with Crippen LogP contribution in [0.2, 0.25) is 0 Å². The molecule has 1 fully saturated rings. The van der Waals surface area contributed by atoms with E-state index in [1.54, 1.807) is 0 Å². The van der Waals surface area contributed by atoms with Gasteiger partial charge in [-0.15, -0.1) is 0 Å². The minimum atomic E-state index is 0.831. The summed E-state index contributed by atoms with van der Waals surface area (Å²) in [5, 5.41) is 2.01. The molecule has 1 saturated heterocycles. The van der Waals surface area contributed by atoms with E-state index in [4.69, 9.17) is 0 Å². The van der Waals surface area contributed by atoms with Gasteiger partial charge < -0.3 is 9.47 Å². The second-order valence-electron chi connectivity index (χ2n) is 5.19. The first kappa shape index (κ1) is 13.5. The number of hydrogen-bond acceptors (Lipinski definition) is 1. The maximum Gasteiger partial charge on any atom is 0.0432 e. The Kier molecular flexibility index (Phi) is 3.79. The molecule has 0 aromatic carbocycles. The summed E-state index contributed by atoms with van der Waals surface area (Å²) in [5.74, 6) is 0. The van der Waals surface area contributed by atoms with E-state index >= 15 is 0 Å². The van der Waals surface area contributed by atoms with Crippen LogP contribution in [0.1, 0.15) is 19.3 Å². The van der Waals surface area contributed by atoms with Crippen LogP contribution < -0.4 is 10.7 Å². The second kappa shape index (κ2) is 5.35. The number of rotatable bonds is 5. The highest BCUT2D eigenvalue weighted by molar-refractivity contribution is 5.19. The zero-order valence-electron chi connectivity index (χ0n) is 11.6. The first-order chi connectivity index (χ1) is 8.99. The highest BCUT2D eigenvalue weighted by Crippen LogP contribution is 2.28. The molecule has 0 bridgehead atoms. The molecule has 0 aliphatic carbocycles. The summed E-state index contributed by atoms with van der Waals surface area (Å²) in [6.07, 6.45) is 2.97. The van der Waals surface area contributed by atoms with Gasteiger partial charge in [-0.05, 0) is 31.4 Å². The van der Waals surface area contributed by atoms with E-state index in [2.05, 4.69) is 42.4 Å². The first-order valence-electron chi connectivity index (χ1n) is 6.62. The molecule has 1 aromatic heterocycles. The molecule has 1 aliphatic rings. The van der Waals surface area contributed by atoms with Crippen LogP contribution in [0.3, 0.4) is 0 Å². The Morgan fingerprint density at radius 2 is 1.53 bits per heavy atom. The van der Waals surface area contributed by atoms with Gasteiger partial charge in [-0.1, -0.05) is 38.5 Å². The average Bonchev–Trinajstić information content (AvgIpc) is 2.84. The normalized spacial score (nSPS) is 15.3. The summed E-state index contributed by atoms with van der Waals surface area (Å²) in [6.45, 7) is 22.0. The Morgan fingerprint density at radius 3 is 2.05 bits per heavy atom. The van der Waals surface area contributed by atoms with Crippen LogP contribution in [0.4, 0.5) is 0 Å². The van der Waals surface area contributed by atoms with Gasteiger partial charge in [-0.25, -0.2) is 0 Å². The highest BCUT2D eigenvalue weighted by atomic mass is 15.2. The molecule has 2 heteroatoms. The molecular weight excluding hydrogens is 232 g/mol. The first-order valence-corrected chi connectivity index (χ1v) is 6.62. The molecule has 0 saturated carbocycles. The van der Waals surface area contributed by atoms with Crippen molar-refractivity contribution in [2.75, 3.05) is 6.54 Å². The molecular formula is C17H22N2. The predicted molar refractivity (Wildman–Crippen MR) is 82.7 cm³/mol. The number of nitrogens with zero attached hydrogens (tertiary/aromatic N) is 2. The molecule has 2 nitrogen and oxygen atoms in total. The Hall–Kier alpha value is -1.96. The third-order valence-corrected chi connectivity index (χ3v) is 3.70. The van der Waals surface area contributed by atoms with Gasteiger partial charge in [0.2, 0.25) is 0 Å². The maximum atomic E-state index is 4.17. The summed E-state index contributed by atoms with van der Waals surface area (Å²) < 4.78 is 2.12. The lowest BCUT2D eigenvalue weighted by molar-refractivity contribution is 0.484. The molecule has 0 amide bonds. The monoisotopic (exact) mass is 254 g/mol. The summed E-state index contributed by atoms with van der Waals surface area (Å²) in [5.41, 5.74) is 3.50. The van der Waals surface area contributed by atoms with Crippen LogP contribution in [0.5, 0.6) is 0 Å². The van der Waals surface area contributed by atoms with Crippen LogP contribution in [0.25, 0.3) is 13.2 Å². The Labute approximate surface area is 115 Å². The molecule has 0 N–H and O–H groups in total. The third kappa shape index (κ3) is 2.90. The summed E-state index contributed by atoms with van der Waals surface area (Å²) >= 11 is 0. The number of hydrogen-bond donors (Lipinski definition) is 0. The van der Waals surface area contributed by atoms with Crippen molar-refractivity contribution in [1.29, 1.82) is 0 Å². The van der Waals surface area contributed by atoms with E-state index in [1.165, 1.54) is 5.57 Å². The van der Waals surface area contributed by atoms with Crippen LogP contribution >= 0.6 is 0 Å². The van der Waals surface area contributed by atoms with Gasteiger partial charge in [0.25, 0.3) is 0 Å². The van der Waals surface area contributed by atoms with Gasteiger partial charge in [0.15, 0.2) is 0 Å². The fraction of sp³-hybridized carbons (Fsp3) is 0.294. The number of allylic oxidation sites excluding steroid dienone is 2. The van der Waals surface area contributed by atoms with Crippen LogP contribution in [0, 0.1) is 0 Å². The number of aromatic nitrogens is 1. The van der Waals surface area contributed by atoms with Crippen LogP contribution in [0.15, 0.2) is 48.8 Å². The van der Waals surface area contributed by atoms with Gasteiger partial charge in [0, 0.05) is 35.2 Å². The van der Waals surface area contributed by atoms with E-state index in [0.29, 0.717) is 0 Å². The zero-order chi connectivity index (χ0) is 14.0. The second-order valence-corrected chi connectivity index (χ2v) is 5.19. The SMILES string of the molecule is C=C(CCn1c(=C)ccc1=C)CN1C(=C)CCC1=C. The summed E-state index contributed by atoms with van der Waals surface area (Å²) in [4.78, 5) is 2.19. The molecule has 2 heterocycles. The minimum Gasteiger partial charge on any atom is -0.346 e. The fourth-order valence-electron chi connectivity index (χ4n) is 2.42. The predicted octanol–water partition coefficient (Wildman–Crippen LogP) is 2.38. The molecule has 19 heavy (non-hydrogen) atoms. The molecule has 0 radical (unpaired) electrons. The lowest BCUT2D eigenvalue weighted by Crippen LogP contribution is -2.26. The lowest BCUT2D eigenvalue weighted by Gasteiger charge is -2.22. The summed E-state index contributed by atoms with van der Waals surface area (Å²) in [7, 11) is 0. The molecule has 100 valence electrons. The molecule has 2 rings (SSSR count). The topological polar surface area (TPSA) is 8.17 Å². The fourth-order valence-corrected chi connectivity index (χ4v) is 2.42. The lowest BCUT2D eigenvalue weighted by atomic mass is 10.2. The van der Waals surface area contributed by atoms with E-state index in [1.807, 2.05) is 12.1 Å². The van der Waals surface area contributed by atoms with Crippen LogP contribution in [-0.2, 0) is 6.54 Å². The van der Waals surface area contributed by atoms with E-state index < -0.39 is 0 Å². The van der Waals surface area contributed by atoms with Crippen LogP contribution in [-0.4, -0.2) is 16.0 Å². The highest BCUT2D eigenvalue weighted by Gasteiger charge is 2.19. The van der Waals surface area contributed by atoms with E-state index in [0.717, 1.165) is 54.4 Å². The Bertz CT molecular complexity index is 575. The molecule has 0 spiro atoms.